The van der Waals surface area contributed by atoms with Gasteiger partial charge in [-0.05, 0) is 91.9 Å². The third-order valence-corrected chi connectivity index (χ3v) is 9.94. The van der Waals surface area contributed by atoms with Gasteiger partial charge in [-0.2, -0.15) is 0 Å². The van der Waals surface area contributed by atoms with Gasteiger partial charge in [-0.15, -0.1) is 0 Å². The number of esters is 2. The Hall–Kier alpha value is -1.70. The third kappa shape index (κ3) is 41.7. The lowest BCUT2D eigenvalue weighted by Gasteiger charge is -2.21. The van der Waals surface area contributed by atoms with Crippen molar-refractivity contribution < 1.29 is 33.3 Å². The molecule has 7 heteroatoms. The number of carbonyl (C=O) groups is 2. The van der Waals surface area contributed by atoms with Gasteiger partial charge in [-0.3, -0.25) is 9.59 Å². The molecule has 0 aromatic rings. The summed E-state index contributed by atoms with van der Waals surface area (Å²) in [5.74, 6) is -0.294. The second-order valence-electron chi connectivity index (χ2n) is 16.1. The molecule has 0 aliphatic carbocycles. The van der Waals surface area contributed by atoms with Crippen molar-refractivity contribution in [2.24, 2.45) is 0 Å². The van der Waals surface area contributed by atoms with E-state index in [-0.39, 0.29) is 43.0 Å². The Kier molecular flexibility index (Phi) is 40.6. The summed E-state index contributed by atoms with van der Waals surface area (Å²) in [6, 6.07) is 0. The van der Waals surface area contributed by atoms with Gasteiger partial charge in [0.2, 0.25) is 0 Å². The van der Waals surface area contributed by atoms with Crippen molar-refractivity contribution in [3.8, 4) is 0 Å². The van der Waals surface area contributed by atoms with Gasteiger partial charge in [0.15, 0.2) is 0 Å². The fraction of sp³-hybridized carbons (Fsp3) is 0.875. The molecule has 0 fully saturated rings. The number of ether oxygens (including phenoxy) is 5. The number of rotatable bonds is 42. The lowest BCUT2D eigenvalue weighted by Crippen LogP contribution is -2.29. The van der Waals surface area contributed by atoms with E-state index in [1.807, 2.05) is 27.7 Å². The summed E-state index contributed by atoms with van der Waals surface area (Å²) in [6.07, 6.45) is 41.8. The maximum Gasteiger partial charge on any atom is 0.306 e. The van der Waals surface area contributed by atoms with Gasteiger partial charge in [0.1, 0.15) is 12.7 Å². The minimum atomic E-state index is -0.292. The number of carbonyl (C=O) groups excluding carboxylic acids is 2. The van der Waals surface area contributed by atoms with E-state index < -0.39 is 0 Å². The number of hydrogen-bond donors (Lipinski definition) is 0. The van der Waals surface area contributed by atoms with E-state index in [9.17, 15) is 9.59 Å². The zero-order valence-electron chi connectivity index (χ0n) is 37.1. The monoisotopic (exact) mass is 779 g/mol. The predicted molar refractivity (Wildman–Crippen MR) is 232 cm³/mol. The maximum absolute atomic E-state index is 12.3. The molecule has 0 amide bonds. The zero-order valence-corrected chi connectivity index (χ0v) is 37.1. The molecular formula is C48H90O7. The summed E-state index contributed by atoms with van der Waals surface area (Å²) in [5.41, 5.74) is 0. The lowest BCUT2D eigenvalue weighted by molar-refractivity contribution is -0.153. The van der Waals surface area contributed by atoms with Crippen molar-refractivity contribution in [2.75, 3.05) is 26.4 Å². The fourth-order valence-corrected chi connectivity index (χ4v) is 6.32. The minimum absolute atomic E-state index is 0.123. The molecule has 0 aliphatic heterocycles. The van der Waals surface area contributed by atoms with Crippen molar-refractivity contribution in [3.05, 3.63) is 24.3 Å². The maximum atomic E-state index is 12.3. The summed E-state index contributed by atoms with van der Waals surface area (Å²) in [6.45, 7) is 13.6. The van der Waals surface area contributed by atoms with E-state index in [0.29, 0.717) is 32.7 Å². The highest BCUT2D eigenvalue weighted by Crippen LogP contribution is 2.13. The highest BCUT2D eigenvalue weighted by Gasteiger charge is 2.14. The molecule has 0 heterocycles. The van der Waals surface area contributed by atoms with E-state index in [4.69, 9.17) is 23.7 Å². The molecular weight excluding hydrogens is 689 g/mol. The van der Waals surface area contributed by atoms with Crippen LogP contribution < -0.4 is 0 Å². The van der Waals surface area contributed by atoms with Crippen LogP contribution in [0.4, 0.5) is 0 Å². The molecule has 0 aliphatic rings. The Morgan fingerprint density at radius 1 is 0.382 bits per heavy atom. The SMILES string of the molecule is CCCCCCCCC=CCCCCCCCC(=O)OCC(C)OCC(C)OCC(C)OCC(C)OC(=O)CCCCCCCC=CCCCCCCCC. The van der Waals surface area contributed by atoms with Gasteiger partial charge in [0.05, 0.1) is 38.1 Å². The van der Waals surface area contributed by atoms with Gasteiger partial charge in [-0.1, -0.05) is 141 Å². The van der Waals surface area contributed by atoms with E-state index in [2.05, 4.69) is 38.2 Å². The minimum Gasteiger partial charge on any atom is -0.463 e. The first-order chi connectivity index (χ1) is 26.8. The standard InChI is InChI=1S/C48H90O7/c1-7-9-11-13-15-17-19-21-23-25-27-29-31-33-35-37-47(49)54-41-45(5)52-39-43(3)51-40-44(4)53-42-46(6)55-48(50)38-36-34-32-30-28-26-24-22-20-18-16-14-12-10-8-2/h21-24,43-46H,7-20,25-42H2,1-6H3. The molecule has 0 spiro atoms. The quantitative estimate of drug-likeness (QED) is 0.0347. The molecule has 0 radical (unpaired) electrons. The number of unbranched alkanes of at least 4 members (excludes halogenated alkanes) is 22. The highest BCUT2D eigenvalue weighted by atomic mass is 16.6. The van der Waals surface area contributed by atoms with E-state index in [1.165, 1.54) is 141 Å². The summed E-state index contributed by atoms with van der Waals surface area (Å²) in [5, 5.41) is 0. The smallest absolute Gasteiger partial charge is 0.306 e. The molecule has 324 valence electrons. The summed E-state index contributed by atoms with van der Waals surface area (Å²) < 4.78 is 28.6. The third-order valence-electron chi connectivity index (χ3n) is 9.94. The Morgan fingerprint density at radius 2 is 0.691 bits per heavy atom. The molecule has 55 heavy (non-hydrogen) atoms. The van der Waals surface area contributed by atoms with Crippen molar-refractivity contribution in [1.29, 1.82) is 0 Å². The van der Waals surface area contributed by atoms with Crippen LogP contribution in [0.25, 0.3) is 0 Å². The van der Waals surface area contributed by atoms with Gasteiger partial charge >= 0.3 is 11.9 Å². The van der Waals surface area contributed by atoms with Crippen molar-refractivity contribution in [1.82, 2.24) is 0 Å². The number of allylic oxidation sites excluding steroid dienone is 4. The topological polar surface area (TPSA) is 80.3 Å². The molecule has 0 aromatic heterocycles. The van der Waals surface area contributed by atoms with Crippen LogP contribution in [0.3, 0.4) is 0 Å². The second-order valence-corrected chi connectivity index (χ2v) is 16.1. The van der Waals surface area contributed by atoms with Crippen LogP contribution in [-0.2, 0) is 33.3 Å². The molecule has 0 N–H and O–H groups in total. The average molecular weight is 779 g/mol. The summed E-state index contributed by atoms with van der Waals surface area (Å²) >= 11 is 0. The Balaban J connectivity index is 3.67. The Labute approximate surface area is 340 Å². The van der Waals surface area contributed by atoms with Gasteiger partial charge in [0.25, 0.3) is 0 Å². The molecule has 4 unspecified atom stereocenters. The van der Waals surface area contributed by atoms with Crippen LogP contribution in [0.15, 0.2) is 24.3 Å². The van der Waals surface area contributed by atoms with Gasteiger partial charge < -0.3 is 23.7 Å². The van der Waals surface area contributed by atoms with Crippen LogP contribution in [0, 0.1) is 0 Å². The van der Waals surface area contributed by atoms with Crippen LogP contribution in [-0.4, -0.2) is 62.8 Å². The zero-order chi connectivity index (χ0) is 40.5. The molecule has 0 bridgehead atoms. The molecule has 0 aromatic carbocycles. The van der Waals surface area contributed by atoms with Gasteiger partial charge in [0, 0.05) is 12.8 Å². The van der Waals surface area contributed by atoms with Crippen LogP contribution in [0.2, 0.25) is 0 Å². The normalized spacial score (nSPS) is 14.1. The average Bonchev–Trinajstić information content (AvgIpc) is 3.17. The Bertz CT molecular complexity index is 888. The first kappa shape index (κ1) is 53.3. The predicted octanol–water partition coefficient (Wildman–Crippen LogP) is 13.8. The summed E-state index contributed by atoms with van der Waals surface area (Å²) in [4.78, 5) is 24.4. The molecule has 0 saturated carbocycles. The van der Waals surface area contributed by atoms with E-state index >= 15 is 0 Å². The first-order valence-electron chi connectivity index (χ1n) is 23.3. The molecule has 7 nitrogen and oxygen atoms in total. The van der Waals surface area contributed by atoms with E-state index in [0.717, 1.165) is 25.7 Å². The Morgan fingerprint density at radius 3 is 1.09 bits per heavy atom. The van der Waals surface area contributed by atoms with Gasteiger partial charge in [-0.25, -0.2) is 0 Å². The first-order valence-corrected chi connectivity index (χ1v) is 23.3. The fourth-order valence-electron chi connectivity index (χ4n) is 6.32. The molecule has 4 atom stereocenters. The van der Waals surface area contributed by atoms with Crippen molar-refractivity contribution >= 4 is 11.9 Å². The van der Waals surface area contributed by atoms with Crippen LogP contribution in [0.1, 0.15) is 221 Å². The molecule has 0 saturated heterocycles. The van der Waals surface area contributed by atoms with E-state index in [1.54, 1.807) is 0 Å². The summed E-state index contributed by atoms with van der Waals surface area (Å²) in [7, 11) is 0. The highest BCUT2D eigenvalue weighted by molar-refractivity contribution is 5.69. The van der Waals surface area contributed by atoms with Crippen LogP contribution in [0.5, 0.6) is 0 Å². The number of hydrogen-bond acceptors (Lipinski definition) is 7. The lowest BCUT2D eigenvalue weighted by atomic mass is 10.1. The van der Waals surface area contributed by atoms with Crippen molar-refractivity contribution in [2.45, 2.75) is 246 Å². The molecule has 0 rings (SSSR count). The largest absolute Gasteiger partial charge is 0.463 e. The van der Waals surface area contributed by atoms with Crippen molar-refractivity contribution in [3.63, 3.8) is 0 Å². The van der Waals surface area contributed by atoms with Crippen LogP contribution >= 0.6 is 0 Å². The second kappa shape index (κ2) is 41.9.